The van der Waals surface area contributed by atoms with Crippen molar-refractivity contribution in [2.75, 3.05) is 19.6 Å². The minimum Gasteiger partial charge on any atom is -0.476 e. The van der Waals surface area contributed by atoms with Crippen molar-refractivity contribution in [3.63, 3.8) is 0 Å². The van der Waals surface area contributed by atoms with Crippen LogP contribution in [0.3, 0.4) is 0 Å². The number of hydrogen-bond acceptors (Lipinski definition) is 4. The van der Waals surface area contributed by atoms with Gasteiger partial charge in [0.25, 0.3) is 0 Å². The second-order valence-electron chi connectivity index (χ2n) is 7.68. The lowest BCUT2D eigenvalue weighted by Gasteiger charge is -2.39. The molecule has 160 valence electrons. The van der Waals surface area contributed by atoms with Crippen molar-refractivity contribution >= 4 is 12.0 Å². The van der Waals surface area contributed by atoms with Gasteiger partial charge < -0.3 is 10.0 Å². The Morgan fingerprint density at radius 1 is 1.10 bits per heavy atom. The fourth-order valence-electron chi connectivity index (χ4n) is 3.86. The molecule has 31 heavy (non-hydrogen) atoms. The third-order valence-electron chi connectivity index (χ3n) is 5.52. The van der Waals surface area contributed by atoms with E-state index in [4.69, 9.17) is 5.11 Å². The lowest BCUT2D eigenvalue weighted by molar-refractivity contribution is 0.0689. The molecule has 1 atom stereocenters. The summed E-state index contributed by atoms with van der Waals surface area (Å²) in [5.74, 6) is -1.42. The van der Waals surface area contributed by atoms with Gasteiger partial charge in [0.2, 0.25) is 0 Å². The topological polar surface area (TPSA) is 78.7 Å². The maximum Gasteiger partial charge on any atom is 0.356 e. The van der Waals surface area contributed by atoms with Crippen molar-refractivity contribution in [3.8, 4) is 11.1 Å². The van der Waals surface area contributed by atoms with E-state index in [0.29, 0.717) is 31.7 Å². The highest BCUT2D eigenvalue weighted by Crippen LogP contribution is 2.23. The van der Waals surface area contributed by atoms with E-state index < -0.39 is 5.97 Å². The van der Waals surface area contributed by atoms with E-state index in [1.54, 1.807) is 11.0 Å². The first kappa shape index (κ1) is 20.7. The van der Waals surface area contributed by atoms with Gasteiger partial charge in [0.1, 0.15) is 5.82 Å². The van der Waals surface area contributed by atoms with Crippen molar-refractivity contribution in [3.05, 3.63) is 77.9 Å². The number of nitrogens with zero attached hydrogens (tertiary/aromatic N) is 4. The van der Waals surface area contributed by atoms with E-state index in [0.717, 1.165) is 15.8 Å². The second-order valence-corrected chi connectivity index (χ2v) is 7.68. The van der Waals surface area contributed by atoms with E-state index in [1.165, 1.54) is 12.3 Å². The minimum absolute atomic E-state index is 0.120. The predicted molar refractivity (Wildman–Crippen MR) is 113 cm³/mol. The number of halogens is 1. The maximum atomic E-state index is 14.7. The minimum atomic E-state index is -1.18. The van der Waals surface area contributed by atoms with Gasteiger partial charge in [0, 0.05) is 44.0 Å². The van der Waals surface area contributed by atoms with Gasteiger partial charge in [-0.15, -0.1) is 0 Å². The van der Waals surface area contributed by atoms with Crippen molar-refractivity contribution in [1.82, 2.24) is 19.6 Å². The molecule has 1 fully saturated rings. The van der Waals surface area contributed by atoms with E-state index in [1.807, 2.05) is 49.4 Å². The van der Waals surface area contributed by atoms with E-state index in [2.05, 4.69) is 10.00 Å². The molecule has 0 saturated carbocycles. The highest BCUT2D eigenvalue weighted by atomic mass is 19.1. The number of carbonyl (C=O) groups excluding carboxylic acids is 1. The Morgan fingerprint density at radius 2 is 1.87 bits per heavy atom. The number of carboxylic acid groups (broad SMARTS) is 1. The molecule has 2 aromatic carbocycles. The van der Waals surface area contributed by atoms with Crippen LogP contribution in [0.4, 0.5) is 9.18 Å². The first-order valence-corrected chi connectivity index (χ1v) is 10.1. The van der Waals surface area contributed by atoms with Crippen molar-refractivity contribution < 1.29 is 19.1 Å². The molecule has 3 aromatic rings. The van der Waals surface area contributed by atoms with E-state index in [9.17, 15) is 14.0 Å². The van der Waals surface area contributed by atoms with Crippen LogP contribution in [0.5, 0.6) is 0 Å². The first-order valence-electron chi connectivity index (χ1n) is 10.1. The number of aromatic carboxylic acids is 1. The fourth-order valence-corrected chi connectivity index (χ4v) is 3.86. The Bertz CT molecular complexity index is 1100. The molecule has 0 radical (unpaired) electrons. The standard InChI is InChI=1S/C23H23FN4O3/c1-16-14-26(11-12-27(16)23(31)28-10-9-21(25-28)22(29)30)15-19-8-7-18(13-20(19)24)17-5-3-2-4-6-17/h2-10,13,16H,11-12,14-15H2,1H3,(H,29,30)/t16-/m0/s1. The van der Waals surface area contributed by atoms with Crippen LogP contribution in [0.15, 0.2) is 60.8 Å². The normalized spacial score (nSPS) is 17.0. The monoisotopic (exact) mass is 422 g/mol. The molecule has 8 heteroatoms. The molecule has 0 aliphatic carbocycles. The highest BCUT2D eigenvalue weighted by Gasteiger charge is 2.29. The number of hydrogen-bond donors (Lipinski definition) is 1. The lowest BCUT2D eigenvalue weighted by Crippen LogP contribution is -2.54. The van der Waals surface area contributed by atoms with Gasteiger partial charge in [-0.1, -0.05) is 42.5 Å². The molecule has 1 N–H and O–H groups in total. The third-order valence-corrected chi connectivity index (χ3v) is 5.52. The molecule has 1 saturated heterocycles. The van der Waals surface area contributed by atoms with Crippen LogP contribution in [-0.2, 0) is 6.54 Å². The molecule has 1 aromatic heterocycles. The number of aromatic nitrogens is 2. The molecular weight excluding hydrogens is 399 g/mol. The molecule has 1 amide bonds. The number of rotatable bonds is 4. The molecule has 4 rings (SSSR count). The molecule has 0 unspecified atom stereocenters. The fraction of sp³-hybridized carbons (Fsp3) is 0.261. The predicted octanol–water partition coefficient (Wildman–Crippen LogP) is 3.56. The Labute approximate surface area is 179 Å². The number of amides is 1. The molecule has 7 nitrogen and oxygen atoms in total. The Morgan fingerprint density at radius 3 is 2.52 bits per heavy atom. The summed E-state index contributed by atoms with van der Waals surface area (Å²) in [5.41, 5.74) is 2.25. The average molecular weight is 422 g/mol. The third kappa shape index (κ3) is 4.49. The molecule has 0 spiro atoms. The van der Waals surface area contributed by atoms with Crippen LogP contribution >= 0.6 is 0 Å². The smallest absolute Gasteiger partial charge is 0.356 e. The molecule has 2 heterocycles. The Hall–Kier alpha value is -3.52. The van der Waals surface area contributed by atoms with Crippen LogP contribution < -0.4 is 0 Å². The van der Waals surface area contributed by atoms with Crippen LogP contribution in [0.25, 0.3) is 11.1 Å². The van der Waals surface area contributed by atoms with E-state index >= 15 is 0 Å². The van der Waals surface area contributed by atoms with Crippen molar-refractivity contribution in [1.29, 1.82) is 0 Å². The highest BCUT2D eigenvalue weighted by molar-refractivity contribution is 5.86. The zero-order valence-corrected chi connectivity index (χ0v) is 17.1. The van der Waals surface area contributed by atoms with Gasteiger partial charge in [-0.05, 0) is 30.2 Å². The molecule has 1 aliphatic rings. The zero-order chi connectivity index (χ0) is 22.0. The Balaban J connectivity index is 1.40. The Kier molecular flexibility index (Phi) is 5.81. The summed E-state index contributed by atoms with van der Waals surface area (Å²) in [6.07, 6.45) is 1.36. The molecular formula is C23H23FN4O3. The second kappa shape index (κ2) is 8.69. The molecule has 0 bridgehead atoms. The largest absolute Gasteiger partial charge is 0.476 e. The van der Waals surface area contributed by atoms with Gasteiger partial charge in [-0.2, -0.15) is 9.78 Å². The number of carboxylic acids is 1. The summed E-state index contributed by atoms with van der Waals surface area (Å²) in [6, 6.07) is 15.8. The maximum absolute atomic E-state index is 14.7. The van der Waals surface area contributed by atoms with Gasteiger partial charge >= 0.3 is 12.0 Å². The van der Waals surface area contributed by atoms with Crippen LogP contribution in [0.2, 0.25) is 0 Å². The summed E-state index contributed by atoms with van der Waals surface area (Å²) in [7, 11) is 0. The van der Waals surface area contributed by atoms with Gasteiger partial charge in [-0.25, -0.2) is 14.0 Å². The van der Waals surface area contributed by atoms with Crippen LogP contribution in [-0.4, -0.2) is 62.4 Å². The summed E-state index contributed by atoms with van der Waals surface area (Å²) in [6.45, 7) is 3.99. The van der Waals surface area contributed by atoms with Gasteiger partial charge in [-0.3, -0.25) is 4.90 Å². The summed E-state index contributed by atoms with van der Waals surface area (Å²) >= 11 is 0. The quantitative estimate of drug-likeness (QED) is 0.696. The number of piperazine rings is 1. The summed E-state index contributed by atoms with van der Waals surface area (Å²) in [5, 5.41) is 12.8. The SMILES string of the molecule is C[C@H]1CN(Cc2ccc(-c3ccccc3)cc2F)CCN1C(=O)n1ccc(C(=O)O)n1. The summed E-state index contributed by atoms with van der Waals surface area (Å²) < 4.78 is 15.8. The zero-order valence-electron chi connectivity index (χ0n) is 17.1. The average Bonchev–Trinajstić information content (AvgIpc) is 3.26. The van der Waals surface area contributed by atoms with Crippen molar-refractivity contribution in [2.45, 2.75) is 19.5 Å². The molecule has 1 aliphatic heterocycles. The first-order chi connectivity index (χ1) is 14.9. The van der Waals surface area contributed by atoms with Crippen LogP contribution in [0, 0.1) is 5.82 Å². The van der Waals surface area contributed by atoms with Gasteiger partial charge in [0.15, 0.2) is 5.69 Å². The van der Waals surface area contributed by atoms with E-state index in [-0.39, 0.29) is 23.6 Å². The van der Waals surface area contributed by atoms with Gasteiger partial charge in [0.05, 0.1) is 0 Å². The van der Waals surface area contributed by atoms with Crippen molar-refractivity contribution in [2.24, 2.45) is 0 Å². The van der Waals surface area contributed by atoms with Crippen LogP contribution in [0.1, 0.15) is 23.0 Å². The lowest BCUT2D eigenvalue weighted by atomic mass is 10.0. The summed E-state index contributed by atoms with van der Waals surface area (Å²) in [4.78, 5) is 27.4. The number of benzene rings is 2. The number of carbonyl (C=O) groups is 2.